The van der Waals surface area contributed by atoms with Gasteiger partial charge in [-0.1, -0.05) is 12.1 Å². The highest BCUT2D eigenvalue weighted by Crippen LogP contribution is 2.14. The minimum Gasteiger partial charge on any atom is -0.494 e. The van der Waals surface area contributed by atoms with Crippen LogP contribution in [0.2, 0.25) is 0 Å². The number of nitrogens with zero attached hydrogens (tertiary/aromatic N) is 1. The summed E-state index contributed by atoms with van der Waals surface area (Å²) in [6.45, 7) is 4.43. The van der Waals surface area contributed by atoms with Gasteiger partial charge in [0.1, 0.15) is 12.0 Å². The lowest BCUT2D eigenvalue weighted by atomic mass is 10.1. The van der Waals surface area contributed by atoms with Crippen molar-refractivity contribution in [2.24, 2.45) is 0 Å². The van der Waals surface area contributed by atoms with Gasteiger partial charge in [0.05, 0.1) is 19.6 Å². The largest absolute Gasteiger partial charge is 0.494 e. The van der Waals surface area contributed by atoms with Crippen molar-refractivity contribution in [3.8, 4) is 5.75 Å². The number of carbonyl (C=O) groups excluding carboxylic acids is 2. The first-order valence-electron chi connectivity index (χ1n) is 7.26. The van der Waals surface area contributed by atoms with E-state index in [2.05, 4.69) is 10.3 Å². The first-order chi connectivity index (χ1) is 11.1. The summed E-state index contributed by atoms with van der Waals surface area (Å²) in [5.74, 6) is -0.141. The molecule has 0 bridgehead atoms. The summed E-state index contributed by atoms with van der Waals surface area (Å²) in [4.78, 5) is 27.2. The molecule has 1 amide bonds. The van der Waals surface area contributed by atoms with Crippen LogP contribution in [0.15, 0.2) is 34.9 Å². The van der Waals surface area contributed by atoms with Gasteiger partial charge < -0.3 is 13.9 Å². The zero-order valence-corrected chi connectivity index (χ0v) is 13.0. The second kappa shape index (κ2) is 7.98. The number of amides is 1. The van der Waals surface area contributed by atoms with Gasteiger partial charge in [-0.05, 0) is 31.5 Å². The van der Waals surface area contributed by atoms with Crippen LogP contribution < -0.4 is 10.1 Å². The van der Waals surface area contributed by atoms with E-state index in [-0.39, 0.29) is 30.6 Å². The normalized spacial score (nSPS) is 10.2. The van der Waals surface area contributed by atoms with Gasteiger partial charge in [-0.2, -0.15) is 4.98 Å². The molecule has 0 radical (unpaired) electrons. The van der Waals surface area contributed by atoms with E-state index in [1.165, 1.54) is 0 Å². The van der Waals surface area contributed by atoms with Crippen LogP contribution in [0.5, 0.6) is 5.75 Å². The van der Waals surface area contributed by atoms with Crippen LogP contribution in [0, 0.1) is 0 Å². The molecule has 7 heteroatoms. The number of ether oxygens (including phenoxy) is 2. The van der Waals surface area contributed by atoms with Crippen LogP contribution in [0.4, 0.5) is 6.01 Å². The molecule has 2 rings (SSSR count). The molecule has 0 saturated heterocycles. The van der Waals surface area contributed by atoms with E-state index in [4.69, 9.17) is 13.9 Å². The third-order valence-corrected chi connectivity index (χ3v) is 2.83. The predicted octanol–water partition coefficient (Wildman–Crippen LogP) is 2.43. The lowest BCUT2D eigenvalue weighted by Crippen LogP contribution is -2.15. The lowest BCUT2D eigenvalue weighted by molar-refractivity contribution is -0.115. The average molecular weight is 318 g/mol. The van der Waals surface area contributed by atoms with Crippen molar-refractivity contribution in [3.63, 3.8) is 0 Å². The second-order valence-corrected chi connectivity index (χ2v) is 4.56. The van der Waals surface area contributed by atoms with E-state index < -0.39 is 5.97 Å². The van der Waals surface area contributed by atoms with Crippen LogP contribution in [-0.2, 0) is 16.0 Å². The number of nitrogens with one attached hydrogen (secondary N) is 1. The molecular formula is C16H18N2O5. The molecule has 0 atom stereocenters. The van der Waals surface area contributed by atoms with E-state index in [9.17, 15) is 9.59 Å². The number of carbonyl (C=O) groups is 2. The highest BCUT2D eigenvalue weighted by Gasteiger charge is 2.14. The molecule has 0 spiro atoms. The third kappa shape index (κ3) is 4.84. The summed E-state index contributed by atoms with van der Waals surface area (Å²) in [6.07, 6.45) is 1.30. The van der Waals surface area contributed by atoms with Crippen molar-refractivity contribution < 1.29 is 23.5 Å². The molecule has 0 aliphatic rings. The van der Waals surface area contributed by atoms with Crippen molar-refractivity contribution in [3.05, 3.63) is 41.8 Å². The van der Waals surface area contributed by atoms with Crippen molar-refractivity contribution >= 4 is 17.9 Å². The molecule has 0 aliphatic carbocycles. The Kier molecular flexibility index (Phi) is 5.74. The van der Waals surface area contributed by atoms with Crippen molar-refractivity contribution in [2.45, 2.75) is 20.3 Å². The van der Waals surface area contributed by atoms with E-state index in [1.807, 2.05) is 19.1 Å². The molecule has 1 N–H and O–H groups in total. The Morgan fingerprint density at radius 1 is 1.17 bits per heavy atom. The Hall–Kier alpha value is -2.83. The monoisotopic (exact) mass is 318 g/mol. The molecule has 0 saturated carbocycles. The second-order valence-electron chi connectivity index (χ2n) is 4.56. The third-order valence-electron chi connectivity index (χ3n) is 2.83. The SMILES string of the molecule is CCOC(=O)c1coc(NC(=O)Cc2ccc(OCC)cc2)n1. The summed E-state index contributed by atoms with van der Waals surface area (Å²) in [5, 5.41) is 2.49. The van der Waals surface area contributed by atoms with Gasteiger partial charge in [0, 0.05) is 0 Å². The maximum absolute atomic E-state index is 11.9. The Balaban J connectivity index is 1.90. The molecular weight excluding hydrogens is 300 g/mol. The molecule has 0 fully saturated rings. The number of oxazole rings is 1. The zero-order chi connectivity index (χ0) is 16.7. The number of anilines is 1. The van der Waals surface area contributed by atoms with E-state index in [1.54, 1.807) is 19.1 Å². The number of esters is 1. The van der Waals surface area contributed by atoms with Gasteiger partial charge in [-0.25, -0.2) is 4.79 Å². The Morgan fingerprint density at radius 3 is 2.57 bits per heavy atom. The van der Waals surface area contributed by atoms with Gasteiger partial charge in [-0.15, -0.1) is 0 Å². The lowest BCUT2D eigenvalue weighted by Gasteiger charge is -2.04. The maximum atomic E-state index is 11.9. The topological polar surface area (TPSA) is 90.7 Å². The Labute approximate surface area is 133 Å². The van der Waals surface area contributed by atoms with Crippen LogP contribution in [0.1, 0.15) is 29.9 Å². The van der Waals surface area contributed by atoms with Gasteiger partial charge >= 0.3 is 12.0 Å². The molecule has 2 aromatic rings. The average Bonchev–Trinajstić information content (AvgIpc) is 2.98. The highest BCUT2D eigenvalue weighted by atomic mass is 16.5. The maximum Gasteiger partial charge on any atom is 0.360 e. The molecule has 122 valence electrons. The minimum absolute atomic E-state index is 0.0169. The molecule has 0 aliphatic heterocycles. The summed E-state index contributed by atoms with van der Waals surface area (Å²) in [7, 11) is 0. The molecule has 7 nitrogen and oxygen atoms in total. The summed E-state index contributed by atoms with van der Waals surface area (Å²) < 4.78 is 15.2. The number of aromatic nitrogens is 1. The smallest absolute Gasteiger partial charge is 0.360 e. The predicted molar refractivity (Wildman–Crippen MR) is 82.4 cm³/mol. The molecule has 1 aromatic carbocycles. The van der Waals surface area contributed by atoms with Crippen molar-refractivity contribution in [1.29, 1.82) is 0 Å². The number of hydrogen-bond acceptors (Lipinski definition) is 6. The van der Waals surface area contributed by atoms with Crippen LogP contribution in [0.25, 0.3) is 0 Å². The minimum atomic E-state index is -0.594. The first kappa shape index (κ1) is 16.5. The first-order valence-corrected chi connectivity index (χ1v) is 7.26. The van der Waals surface area contributed by atoms with Gasteiger partial charge in [0.15, 0.2) is 5.69 Å². The Morgan fingerprint density at radius 2 is 1.91 bits per heavy atom. The Bertz CT molecular complexity index is 663. The standard InChI is InChI=1S/C16H18N2O5/c1-3-21-12-7-5-11(6-8-12)9-14(19)18-16-17-13(10-23-16)15(20)22-4-2/h5-8,10H,3-4,9H2,1-2H3,(H,17,18,19). The zero-order valence-electron chi connectivity index (χ0n) is 13.0. The van der Waals surface area contributed by atoms with Crippen LogP contribution in [0.3, 0.4) is 0 Å². The molecule has 23 heavy (non-hydrogen) atoms. The number of rotatable bonds is 7. The van der Waals surface area contributed by atoms with E-state index in [0.717, 1.165) is 17.6 Å². The fourth-order valence-corrected chi connectivity index (χ4v) is 1.85. The van der Waals surface area contributed by atoms with E-state index in [0.29, 0.717) is 6.61 Å². The summed E-state index contributed by atoms with van der Waals surface area (Å²) >= 11 is 0. The van der Waals surface area contributed by atoms with Crippen molar-refractivity contribution in [1.82, 2.24) is 4.98 Å². The molecule has 1 heterocycles. The van der Waals surface area contributed by atoms with Gasteiger partial charge in [0.2, 0.25) is 5.91 Å². The van der Waals surface area contributed by atoms with Crippen molar-refractivity contribution in [2.75, 3.05) is 18.5 Å². The fourth-order valence-electron chi connectivity index (χ4n) is 1.85. The molecule has 1 aromatic heterocycles. The fraction of sp³-hybridized carbons (Fsp3) is 0.312. The summed E-state index contributed by atoms with van der Waals surface area (Å²) in [5.41, 5.74) is 0.839. The quantitative estimate of drug-likeness (QED) is 0.788. The molecule has 0 unspecified atom stereocenters. The summed E-state index contributed by atoms with van der Waals surface area (Å²) in [6, 6.07) is 7.18. The number of hydrogen-bond donors (Lipinski definition) is 1. The number of benzene rings is 1. The van der Waals surface area contributed by atoms with Gasteiger partial charge in [0.25, 0.3) is 0 Å². The van der Waals surface area contributed by atoms with Crippen LogP contribution >= 0.6 is 0 Å². The van der Waals surface area contributed by atoms with Crippen LogP contribution in [-0.4, -0.2) is 30.1 Å². The van der Waals surface area contributed by atoms with E-state index >= 15 is 0 Å². The van der Waals surface area contributed by atoms with Gasteiger partial charge in [-0.3, -0.25) is 10.1 Å². The highest BCUT2D eigenvalue weighted by molar-refractivity contribution is 5.91.